The summed E-state index contributed by atoms with van der Waals surface area (Å²) in [6.45, 7) is 9.05. The van der Waals surface area contributed by atoms with E-state index in [0.29, 0.717) is 5.82 Å². The molecule has 106 valence electrons. The number of hydrogen-bond donors (Lipinski definition) is 3. The number of hydrogen-bond acceptors (Lipinski definition) is 4. The molecule has 0 aliphatic rings. The molecule has 0 fully saturated rings. The van der Waals surface area contributed by atoms with Crippen molar-refractivity contribution in [2.24, 2.45) is 5.41 Å². The Morgan fingerprint density at radius 2 is 1.89 bits per heavy atom. The van der Waals surface area contributed by atoms with Crippen LogP contribution in [-0.4, -0.2) is 38.2 Å². The number of aromatic nitrogens is 3. The Balaban J connectivity index is 2.85. The summed E-state index contributed by atoms with van der Waals surface area (Å²) < 4.78 is 0. The lowest BCUT2D eigenvalue weighted by atomic mass is 9.87. The predicted molar refractivity (Wildman–Crippen MR) is 68.8 cm³/mol. The smallest absolute Gasteiger partial charge is 0.326 e. The van der Waals surface area contributed by atoms with Crippen molar-refractivity contribution in [3.8, 4) is 0 Å². The van der Waals surface area contributed by atoms with Crippen LogP contribution in [0.2, 0.25) is 0 Å². The van der Waals surface area contributed by atoms with Crippen LogP contribution in [0.25, 0.3) is 0 Å². The van der Waals surface area contributed by atoms with Gasteiger partial charge in [-0.15, -0.1) is 5.10 Å². The van der Waals surface area contributed by atoms with Gasteiger partial charge in [0.25, 0.3) is 5.91 Å². The molecule has 0 aliphatic heterocycles. The third-order valence-electron chi connectivity index (χ3n) is 2.64. The van der Waals surface area contributed by atoms with Gasteiger partial charge in [0.05, 0.1) is 0 Å². The Kier molecular flexibility index (Phi) is 4.28. The van der Waals surface area contributed by atoms with E-state index < -0.39 is 23.3 Å². The maximum absolute atomic E-state index is 11.9. The van der Waals surface area contributed by atoms with Crippen LogP contribution in [-0.2, 0) is 4.79 Å². The fourth-order valence-electron chi connectivity index (χ4n) is 1.48. The highest BCUT2D eigenvalue weighted by atomic mass is 16.4. The Morgan fingerprint density at radius 1 is 1.32 bits per heavy atom. The summed E-state index contributed by atoms with van der Waals surface area (Å²) in [6.07, 6.45) is 0. The monoisotopic (exact) mass is 268 g/mol. The van der Waals surface area contributed by atoms with Gasteiger partial charge in [0.2, 0.25) is 5.82 Å². The van der Waals surface area contributed by atoms with Crippen molar-refractivity contribution in [1.29, 1.82) is 0 Å². The molecule has 0 saturated carbocycles. The van der Waals surface area contributed by atoms with E-state index >= 15 is 0 Å². The second-order valence-electron chi connectivity index (χ2n) is 5.81. The quantitative estimate of drug-likeness (QED) is 0.759. The van der Waals surface area contributed by atoms with Crippen molar-refractivity contribution in [2.45, 2.75) is 46.6 Å². The van der Waals surface area contributed by atoms with Crippen LogP contribution in [0.5, 0.6) is 0 Å². The molecule has 0 aromatic carbocycles. The number of carbonyl (C=O) groups is 2. The van der Waals surface area contributed by atoms with E-state index in [-0.39, 0.29) is 11.7 Å². The minimum Gasteiger partial charge on any atom is -0.480 e. The van der Waals surface area contributed by atoms with Gasteiger partial charge in [-0.1, -0.05) is 34.6 Å². The van der Waals surface area contributed by atoms with Crippen LogP contribution in [0.4, 0.5) is 0 Å². The van der Waals surface area contributed by atoms with Gasteiger partial charge in [-0.25, -0.2) is 9.78 Å². The number of aromatic amines is 1. The second kappa shape index (κ2) is 5.38. The van der Waals surface area contributed by atoms with Gasteiger partial charge in [0, 0.05) is 5.92 Å². The first-order valence-corrected chi connectivity index (χ1v) is 6.09. The number of nitrogens with one attached hydrogen (secondary N) is 2. The maximum atomic E-state index is 11.9. The highest BCUT2D eigenvalue weighted by Gasteiger charge is 2.33. The Bertz CT molecular complexity index is 474. The Hall–Kier alpha value is -1.92. The van der Waals surface area contributed by atoms with Crippen molar-refractivity contribution in [3.05, 3.63) is 11.6 Å². The van der Waals surface area contributed by atoms with Gasteiger partial charge in [0.1, 0.15) is 11.9 Å². The highest BCUT2D eigenvalue weighted by Crippen LogP contribution is 2.19. The summed E-state index contributed by atoms with van der Waals surface area (Å²) in [5, 5.41) is 18.0. The summed E-state index contributed by atoms with van der Waals surface area (Å²) in [5.74, 6) is -1.01. The van der Waals surface area contributed by atoms with E-state index in [1.165, 1.54) is 0 Å². The largest absolute Gasteiger partial charge is 0.480 e. The standard InChI is InChI=1S/C12H20N4O3/c1-6(2)8-14-9(16-15-8)10(17)13-7(11(18)19)12(3,4)5/h6-7H,1-5H3,(H,13,17)(H,18,19)(H,14,15,16). The number of amides is 1. The van der Waals surface area contributed by atoms with Crippen LogP contribution in [0.3, 0.4) is 0 Å². The Morgan fingerprint density at radius 3 is 2.26 bits per heavy atom. The summed E-state index contributed by atoms with van der Waals surface area (Å²) in [7, 11) is 0. The predicted octanol–water partition coefficient (Wildman–Crippen LogP) is 1.16. The number of aliphatic carboxylic acids is 1. The van der Waals surface area contributed by atoms with Crippen molar-refractivity contribution < 1.29 is 14.7 Å². The van der Waals surface area contributed by atoms with Crippen molar-refractivity contribution in [2.75, 3.05) is 0 Å². The highest BCUT2D eigenvalue weighted by molar-refractivity contribution is 5.93. The fraction of sp³-hybridized carbons (Fsp3) is 0.667. The van der Waals surface area contributed by atoms with Gasteiger partial charge >= 0.3 is 5.97 Å². The number of H-pyrrole nitrogens is 1. The summed E-state index contributed by atoms with van der Waals surface area (Å²) in [5.41, 5.74) is -0.599. The molecule has 1 rings (SSSR count). The molecular formula is C12H20N4O3. The van der Waals surface area contributed by atoms with E-state index in [0.717, 1.165) is 0 Å². The average molecular weight is 268 g/mol. The lowest BCUT2D eigenvalue weighted by molar-refractivity contribution is -0.142. The lowest BCUT2D eigenvalue weighted by Gasteiger charge is -2.27. The van der Waals surface area contributed by atoms with Crippen LogP contribution >= 0.6 is 0 Å². The van der Waals surface area contributed by atoms with E-state index in [4.69, 9.17) is 5.11 Å². The van der Waals surface area contributed by atoms with Crippen molar-refractivity contribution in [1.82, 2.24) is 20.5 Å². The summed E-state index contributed by atoms with van der Waals surface area (Å²) in [6, 6.07) is -0.999. The van der Waals surface area contributed by atoms with Crippen LogP contribution < -0.4 is 5.32 Å². The third-order valence-corrected chi connectivity index (χ3v) is 2.64. The van der Waals surface area contributed by atoms with Gasteiger partial charge < -0.3 is 10.4 Å². The SMILES string of the molecule is CC(C)c1nc(C(=O)NC(C(=O)O)C(C)(C)C)n[nH]1. The molecule has 1 aromatic rings. The molecule has 0 saturated heterocycles. The normalized spacial score (nSPS) is 13.4. The molecule has 1 aromatic heterocycles. The number of nitrogens with zero attached hydrogens (tertiary/aromatic N) is 2. The van der Waals surface area contributed by atoms with Gasteiger partial charge in [0.15, 0.2) is 0 Å². The van der Waals surface area contributed by atoms with Crippen LogP contribution in [0.15, 0.2) is 0 Å². The molecular weight excluding hydrogens is 248 g/mol. The number of carboxylic acid groups (broad SMARTS) is 1. The van der Waals surface area contributed by atoms with E-state index in [1.807, 2.05) is 13.8 Å². The lowest BCUT2D eigenvalue weighted by Crippen LogP contribution is -2.49. The van der Waals surface area contributed by atoms with Crippen LogP contribution in [0, 0.1) is 5.41 Å². The molecule has 19 heavy (non-hydrogen) atoms. The first kappa shape index (κ1) is 15.1. The fourth-order valence-corrected chi connectivity index (χ4v) is 1.48. The average Bonchev–Trinajstić information content (AvgIpc) is 2.72. The van der Waals surface area contributed by atoms with Gasteiger partial charge in [-0.05, 0) is 5.41 Å². The maximum Gasteiger partial charge on any atom is 0.326 e. The molecule has 1 heterocycles. The van der Waals surface area contributed by atoms with E-state index in [2.05, 4.69) is 20.5 Å². The van der Waals surface area contributed by atoms with E-state index in [9.17, 15) is 9.59 Å². The molecule has 1 atom stereocenters. The van der Waals surface area contributed by atoms with Gasteiger partial charge in [-0.2, -0.15) is 0 Å². The molecule has 0 bridgehead atoms. The van der Waals surface area contributed by atoms with Gasteiger partial charge in [-0.3, -0.25) is 9.89 Å². The third kappa shape index (κ3) is 3.77. The van der Waals surface area contributed by atoms with Crippen molar-refractivity contribution in [3.63, 3.8) is 0 Å². The first-order chi connectivity index (χ1) is 8.62. The topological polar surface area (TPSA) is 108 Å². The number of carbonyl (C=O) groups excluding carboxylic acids is 1. The summed E-state index contributed by atoms with van der Waals surface area (Å²) >= 11 is 0. The minimum atomic E-state index is -1.08. The zero-order valence-electron chi connectivity index (χ0n) is 11.8. The number of carboxylic acids is 1. The molecule has 7 nitrogen and oxygen atoms in total. The zero-order chi connectivity index (χ0) is 14.8. The molecule has 0 radical (unpaired) electrons. The minimum absolute atomic E-state index is 0.0424. The molecule has 0 aliphatic carbocycles. The molecule has 3 N–H and O–H groups in total. The van der Waals surface area contributed by atoms with Crippen molar-refractivity contribution >= 4 is 11.9 Å². The zero-order valence-corrected chi connectivity index (χ0v) is 11.8. The molecule has 1 unspecified atom stereocenters. The molecule has 7 heteroatoms. The molecule has 1 amide bonds. The van der Waals surface area contributed by atoms with Crippen LogP contribution in [0.1, 0.15) is 57.0 Å². The summed E-state index contributed by atoms with van der Waals surface area (Å²) in [4.78, 5) is 27.1. The van der Waals surface area contributed by atoms with E-state index in [1.54, 1.807) is 20.8 Å². The second-order valence-corrected chi connectivity index (χ2v) is 5.81. The first-order valence-electron chi connectivity index (χ1n) is 6.09. The Labute approximate surface area is 111 Å². The molecule has 0 spiro atoms. The number of rotatable bonds is 4.